The van der Waals surface area contributed by atoms with Crippen LogP contribution in [0.25, 0.3) is 0 Å². The van der Waals surface area contributed by atoms with Gasteiger partial charge in [-0.3, -0.25) is 0 Å². The summed E-state index contributed by atoms with van der Waals surface area (Å²) in [6.07, 6.45) is 1.33. The van der Waals surface area contributed by atoms with Crippen LogP contribution >= 0.6 is 0 Å². The van der Waals surface area contributed by atoms with Crippen LogP contribution in [0.3, 0.4) is 0 Å². The molecule has 0 aliphatic rings. The van der Waals surface area contributed by atoms with E-state index in [4.69, 9.17) is 4.74 Å². The van der Waals surface area contributed by atoms with Crippen LogP contribution in [-0.2, 0) is 4.74 Å². The van der Waals surface area contributed by atoms with Gasteiger partial charge in [0.1, 0.15) is 0 Å². The fourth-order valence-corrected chi connectivity index (χ4v) is 1.28. The van der Waals surface area contributed by atoms with Crippen molar-refractivity contribution in [3.05, 3.63) is 0 Å². The van der Waals surface area contributed by atoms with Crippen molar-refractivity contribution in [1.82, 2.24) is 0 Å². The molecule has 0 bridgehead atoms. The van der Waals surface area contributed by atoms with Crippen LogP contribution in [0, 0.1) is 5.92 Å². The molecule has 0 aromatic heterocycles. The van der Waals surface area contributed by atoms with E-state index < -0.39 is 0 Å². The molecule has 12 heavy (non-hydrogen) atoms. The average Bonchev–Trinajstić information content (AvgIpc) is 1.84. The van der Waals surface area contributed by atoms with E-state index in [0.29, 0.717) is 12.3 Å². The zero-order valence-electron chi connectivity index (χ0n) is 8.92. The highest BCUT2D eigenvalue weighted by atomic mass is 16.5. The summed E-state index contributed by atoms with van der Waals surface area (Å²) < 4.78 is 5.23. The summed E-state index contributed by atoms with van der Waals surface area (Å²) >= 11 is 0. The Balaban J connectivity index is 3.75. The number of hydrogen-bond donors (Lipinski definition) is 1. The van der Waals surface area contributed by atoms with Crippen molar-refractivity contribution in [2.45, 2.75) is 52.2 Å². The minimum absolute atomic E-state index is 0.200. The number of rotatable bonds is 5. The number of ether oxygens (including phenoxy) is 1. The zero-order valence-corrected chi connectivity index (χ0v) is 8.92. The Labute approximate surface area is 75.9 Å². The van der Waals surface area contributed by atoms with Gasteiger partial charge < -0.3 is 9.84 Å². The predicted molar refractivity (Wildman–Crippen MR) is 51.2 cm³/mol. The van der Waals surface area contributed by atoms with Crippen molar-refractivity contribution >= 4 is 0 Å². The van der Waals surface area contributed by atoms with Crippen molar-refractivity contribution in [3.63, 3.8) is 0 Å². The summed E-state index contributed by atoms with van der Waals surface area (Å²) in [6, 6.07) is 0. The van der Waals surface area contributed by atoms with Crippen molar-refractivity contribution in [2.75, 3.05) is 7.11 Å². The Kier molecular flexibility index (Phi) is 4.80. The molecular formula is C10H22O2. The Morgan fingerprint density at radius 1 is 1.33 bits per heavy atom. The summed E-state index contributed by atoms with van der Waals surface area (Å²) in [5.41, 5.74) is -0.200. The first-order valence-corrected chi connectivity index (χ1v) is 4.60. The lowest BCUT2D eigenvalue weighted by molar-refractivity contribution is -0.0235. The van der Waals surface area contributed by atoms with E-state index in [9.17, 15) is 5.11 Å². The predicted octanol–water partition coefficient (Wildman–Crippen LogP) is 2.21. The molecule has 0 rings (SSSR count). The fourth-order valence-electron chi connectivity index (χ4n) is 1.28. The highest BCUT2D eigenvalue weighted by Crippen LogP contribution is 2.19. The molecule has 0 spiro atoms. The second-order valence-corrected chi connectivity index (χ2v) is 4.45. The first-order chi connectivity index (χ1) is 5.37. The van der Waals surface area contributed by atoms with Crippen molar-refractivity contribution in [2.24, 2.45) is 5.92 Å². The van der Waals surface area contributed by atoms with E-state index >= 15 is 0 Å². The monoisotopic (exact) mass is 174 g/mol. The lowest BCUT2D eigenvalue weighted by atomic mass is 9.95. The van der Waals surface area contributed by atoms with Crippen LogP contribution in [0.15, 0.2) is 0 Å². The molecule has 74 valence electrons. The molecule has 1 unspecified atom stereocenters. The van der Waals surface area contributed by atoms with E-state index in [1.165, 1.54) is 0 Å². The summed E-state index contributed by atoms with van der Waals surface area (Å²) in [7, 11) is 1.68. The molecule has 0 aromatic rings. The minimum Gasteiger partial charge on any atom is -0.393 e. The number of hydrogen-bond acceptors (Lipinski definition) is 2. The van der Waals surface area contributed by atoms with Gasteiger partial charge in [0.25, 0.3) is 0 Å². The molecule has 0 amide bonds. The lowest BCUT2D eigenvalue weighted by Crippen LogP contribution is -2.29. The molecule has 0 radical (unpaired) electrons. The zero-order chi connectivity index (χ0) is 9.78. The molecule has 2 heteroatoms. The van der Waals surface area contributed by atoms with E-state index in [0.717, 1.165) is 6.42 Å². The normalized spacial score (nSPS) is 15.2. The third-order valence-electron chi connectivity index (χ3n) is 2.02. The van der Waals surface area contributed by atoms with Crippen LogP contribution in [-0.4, -0.2) is 23.9 Å². The van der Waals surface area contributed by atoms with Crippen molar-refractivity contribution in [1.29, 1.82) is 0 Å². The summed E-state index contributed by atoms with van der Waals surface area (Å²) in [5.74, 6) is 0.549. The first kappa shape index (κ1) is 11.9. The largest absolute Gasteiger partial charge is 0.393 e. The first-order valence-electron chi connectivity index (χ1n) is 4.60. The molecule has 2 nitrogen and oxygen atoms in total. The Hall–Kier alpha value is -0.0800. The van der Waals surface area contributed by atoms with Gasteiger partial charge in [0, 0.05) is 13.5 Å². The van der Waals surface area contributed by atoms with Gasteiger partial charge in [-0.15, -0.1) is 0 Å². The maximum Gasteiger partial charge on any atom is 0.0647 e. The van der Waals surface area contributed by atoms with E-state index in [1.807, 2.05) is 13.8 Å². The molecule has 0 saturated carbocycles. The summed E-state index contributed by atoms with van der Waals surface area (Å²) in [6.45, 7) is 8.22. The fraction of sp³-hybridized carbons (Fsp3) is 1.00. The molecule has 1 atom stereocenters. The molecular weight excluding hydrogens is 152 g/mol. The van der Waals surface area contributed by atoms with E-state index in [-0.39, 0.29) is 11.7 Å². The van der Waals surface area contributed by atoms with Crippen molar-refractivity contribution < 1.29 is 9.84 Å². The third-order valence-corrected chi connectivity index (χ3v) is 2.02. The summed E-state index contributed by atoms with van der Waals surface area (Å²) in [4.78, 5) is 0. The molecule has 0 saturated heterocycles. The van der Waals surface area contributed by atoms with Gasteiger partial charge in [-0.1, -0.05) is 13.8 Å². The minimum atomic E-state index is -0.236. The molecule has 0 aromatic carbocycles. The van der Waals surface area contributed by atoms with Gasteiger partial charge in [-0.05, 0) is 26.2 Å². The van der Waals surface area contributed by atoms with Gasteiger partial charge in [-0.2, -0.15) is 0 Å². The maximum atomic E-state index is 9.61. The Morgan fingerprint density at radius 2 is 1.83 bits per heavy atom. The molecule has 0 heterocycles. The smallest absolute Gasteiger partial charge is 0.0647 e. The lowest BCUT2D eigenvalue weighted by Gasteiger charge is -2.26. The van der Waals surface area contributed by atoms with Crippen LogP contribution in [0.4, 0.5) is 0 Å². The highest BCUT2D eigenvalue weighted by molar-refractivity contribution is 4.73. The highest BCUT2D eigenvalue weighted by Gasteiger charge is 2.21. The SMILES string of the molecule is COC(C)(C)CC(O)CC(C)C. The Bertz CT molecular complexity index is 119. The second-order valence-electron chi connectivity index (χ2n) is 4.45. The van der Waals surface area contributed by atoms with Gasteiger partial charge >= 0.3 is 0 Å². The number of aliphatic hydroxyl groups is 1. The van der Waals surface area contributed by atoms with Crippen molar-refractivity contribution in [3.8, 4) is 0 Å². The van der Waals surface area contributed by atoms with Gasteiger partial charge in [0.2, 0.25) is 0 Å². The third kappa shape index (κ3) is 5.56. The standard InChI is InChI=1S/C10H22O2/c1-8(2)6-9(11)7-10(3,4)12-5/h8-9,11H,6-7H2,1-5H3. The van der Waals surface area contributed by atoms with Crippen LogP contribution < -0.4 is 0 Å². The maximum absolute atomic E-state index is 9.61. The number of aliphatic hydroxyl groups excluding tert-OH is 1. The van der Waals surface area contributed by atoms with Gasteiger partial charge in [-0.25, -0.2) is 0 Å². The van der Waals surface area contributed by atoms with Crippen LogP contribution in [0.1, 0.15) is 40.5 Å². The van der Waals surface area contributed by atoms with Crippen LogP contribution in [0.2, 0.25) is 0 Å². The average molecular weight is 174 g/mol. The van der Waals surface area contributed by atoms with Gasteiger partial charge in [0.05, 0.1) is 11.7 Å². The van der Waals surface area contributed by atoms with E-state index in [2.05, 4.69) is 13.8 Å². The number of methoxy groups -OCH3 is 1. The molecule has 0 aliphatic heterocycles. The quantitative estimate of drug-likeness (QED) is 0.692. The van der Waals surface area contributed by atoms with Gasteiger partial charge in [0.15, 0.2) is 0 Å². The molecule has 0 aliphatic carbocycles. The van der Waals surface area contributed by atoms with Crippen LogP contribution in [0.5, 0.6) is 0 Å². The molecule has 0 fully saturated rings. The second kappa shape index (κ2) is 4.83. The summed E-state index contributed by atoms with van der Waals surface area (Å²) in [5, 5.41) is 9.61. The van der Waals surface area contributed by atoms with E-state index in [1.54, 1.807) is 7.11 Å². The molecule has 1 N–H and O–H groups in total. The Morgan fingerprint density at radius 3 is 2.17 bits per heavy atom. The topological polar surface area (TPSA) is 29.5 Å².